The normalized spacial score (nSPS) is 11.8. The molecule has 0 amide bonds. The number of hydrogen-bond acceptors (Lipinski definition) is 4. The molecule has 0 bridgehead atoms. The molecule has 1 aromatic heterocycles. The predicted octanol–water partition coefficient (Wildman–Crippen LogP) is 2.59. The van der Waals surface area contributed by atoms with Crippen molar-refractivity contribution in [3.8, 4) is 0 Å². The first-order valence-corrected chi connectivity index (χ1v) is 9.04. The number of aliphatic hydroxyl groups is 1. The molecule has 114 valence electrons. The van der Waals surface area contributed by atoms with Gasteiger partial charge in [-0.25, -0.2) is 13.1 Å². The van der Waals surface area contributed by atoms with Crippen LogP contribution in [0.5, 0.6) is 0 Å². The second-order valence-electron chi connectivity index (χ2n) is 4.79. The summed E-state index contributed by atoms with van der Waals surface area (Å²) in [5, 5.41) is 9.09. The fourth-order valence-corrected chi connectivity index (χ4v) is 4.53. The molecule has 0 aliphatic rings. The van der Waals surface area contributed by atoms with Crippen LogP contribution >= 0.6 is 11.3 Å². The molecule has 6 heteroatoms. The maximum absolute atomic E-state index is 12.3. The van der Waals surface area contributed by atoms with Gasteiger partial charge in [0.25, 0.3) is 0 Å². The molecule has 2 aromatic rings. The molecule has 1 aromatic carbocycles. The summed E-state index contributed by atoms with van der Waals surface area (Å²) in [7, 11) is -3.54. The molecule has 0 spiro atoms. The Morgan fingerprint density at radius 2 is 1.81 bits per heavy atom. The van der Waals surface area contributed by atoms with E-state index in [9.17, 15) is 8.42 Å². The maximum Gasteiger partial charge on any atom is 0.241 e. The Morgan fingerprint density at radius 1 is 1.19 bits per heavy atom. The predicted molar refractivity (Wildman–Crippen MR) is 84.8 cm³/mol. The van der Waals surface area contributed by atoms with E-state index in [1.807, 2.05) is 24.3 Å². The quantitative estimate of drug-likeness (QED) is 0.858. The Kier molecular flexibility index (Phi) is 5.16. The van der Waals surface area contributed by atoms with E-state index in [2.05, 4.69) is 11.6 Å². The van der Waals surface area contributed by atoms with Crippen LogP contribution in [0.1, 0.15) is 27.8 Å². The van der Waals surface area contributed by atoms with Gasteiger partial charge in [-0.15, -0.1) is 11.3 Å². The largest absolute Gasteiger partial charge is 0.391 e. The van der Waals surface area contributed by atoms with Crippen molar-refractivity contribution in [2.24, 2.45) is 0 Å². The molecule has 0 radical (unpaired) electrons. The molecule has 2 N–H and O–H groups in total. The lowest BCUT2D eigenvalue weighted by Crippen LogP contribution is -2.23. The lowest BCUT2D eigenvalue weighted by Gasteiger charge is -2.07. The first kappa shape index (κ1) is 16.2. The minimum Gasteiger partial charge on any atom is -0.391 e. The molecule has 0 aliphatic carbocycles. The van der Waals surface area contributed by atoms with Gasteiger partial charge in [0, 0.05) is 16.3 Å². The van der Waals surface area contributed by atoms with Gasteiger partial charge in [0.05, 0.1) is 11.5 Å². The van der Waals surface area contributed by atoms with E-state index < -0.39 is 10.0 Å². The monoisotopic (exact) mass is 325 g/mol. The van der Waals surface area contributed by atoms with Gasteiger partial charge in [-0.2, -0.15) is 0 Å². The topological polar surface area (TPSA) is 66.4 Å². The smallest absolute Gasteiger partial charge is 0.241 e. The van der Waals surface area contributed by atoms with Crippen molar-refractivity contribution in [2.45, 2.75) is 38.3 Å². The first-order valence-electron chi connectivity index (χ1n) is 6.74. The fourth-order valence-electron chi connectivity index (χ4n) is 2.02. The summed E-state index contributed by atoms with van der Waals surface area (Å²) in [4.78, 5) is 1.59. The van der Waals surface area contributed by atoms with Crippen molar-refractivity contribution >= 4 is 21.4 Å². The number of hydrogen-bond donors (Lipinski definition) is 2. The molecular weight excluding hydrogens is 306 g/mol. The SMILES string of the molecule is CCc1ccc(CNS(=O)(=O)c2cc(CO)sc2C)cc1. The summed E-state index contributed by atoms with van der Waals surface area (Å²) in [5.74, 6) is 0. The molecule has 1 heterocycles. The highest BCUT2D eigenvalue weighted by atomic mass is 32.2. The van der Waals surface area contributed by atoms with Crippen molar-refractivity contribution in [3.05, 3.63) is 51.2 Å². The van der Waals surface area contributed by atoms with Crippen LogP contribution in [0.25, 0.3) is 0 Å². The van der Waals surface area contributed by atoms with E-state index in [1.165, 1.54) is 23.0 Å². The summed E-state index contributed by atoms with van der Waals surface area (Å²) in [6, 6.07) is 9.40. The zero-order valence-electron chi connectivity index (χ0n) is 12.1. The van der Waals surface area contributed by atoms with Crippen LogP contribution in [0.15, 0.2) is 35.2 Å². The summed E-state index contributed by atoms with van der Waals surface area (Å²) < 4.78 is 27.2. The first-order chi connectivity index (χ1) is 9.96. The Balaban J connectivity index is 2.11. The van der Waals surface area contributed by atoms with Gasteiger partial charge in [0.15, 0.2) is 0 Å². The maximum atomic E-state index is 12.3. The third-order valence-electron chi connectivity index (χ3n) is 3.27. The number of benzene rings is 1. The van der Waals surface area contributed by atoms with Crippen molar-refractivity contribution in [1.82, 2.24) is 4.72 Å². The Morgan fingerprint density at radius 3 is 2.33 bits per heavy atom. The fraction of sp³-hybridized carbons (Fsp3) is 0.333. The van der Waals surface area contributed by atoms with E-state index in [0.29, 0.717) is 9.75 Å². The molecule has 2 rings (SSSR count). The molecule has 0 saturated carbocycles. The Hall–Kier alpha value is -1.21. The lowest BCUT2D eigenvalue weighted by molar-refractivity contribution is 0.285. The van der Waals surface area contributed by atoms with Crippen LogP contribution in [0.3, 0.4) is 0 Å². The molecule has 0 unspecified atom stereocenters. The van der Waals surface area contributed by atoms with Gasteiger partial charge >= 0.3 is 0 Å². The number of sulfonamides is 1. The van der Waals surface area contributed by atoms with Crippen LogP contribution in [0.4, 0.5) is 0 Å². The van der Waals surface area contributed by atoms with Crippen molar-refractivity contribution in [2.75, 3.05) is 0 Å². The van der Waals surface area contributed by atoms with Crippen LogP contribution < -0.4 is 4.72 Å². The Labute approximate surface area is 129 Å². The molecule has 21 heavy (non-hydrogen) atoms. The van der Waals surface area contributed by atoms with Gasteiger partial charge in [-0.05, 0) is 30.5 Å². The molecule has 4 nitrogen and oxygen atoms in total. The third kappa shape index (κ3) is 3.91. The van der Waals surface area contributed by atoms with E-state index >= 15 is 0 Å². The number of rotatable bonds is 6. The van der Waals surface area contributed by atoms with Crippen molar-refractivity contribution in [3.63, 3.8) is 0 Å². The average molecular weight is 325 g/mol. The van der Waals surface area contributed by atoms with Crippen LogP contribution in [0, 0.1) is 6.92 Å². The number of aliphatic hydroxyl groups excluding tert-OH is 1. The summed E-state index contributed by atoms with van der Waals surface area (Å²) >= 11 is 1.30. The standard InChI is InChI=1S/C15H19NO3S2/c1-3-12-4-6-13(7-5-12)9-16-21(18,19)15-8-14(10-17)20-11(15)2/h4-8,16-17H,3,9-10H2,1-2H3. The molecule has 0 fully saturated rings. The van der Waals surface area contributed by atoms with Gasteiger partial charge in [-0.3, -0.25) is 0 Å². The minimum atomic E-state index is -3.54. The number of aryl methyl sites for hydroxylation is 2. The summed E-state index contributed by atoms with van der Waals surface area (Å²) in [5.41, 5.74) is 2.15. The number of thiophene rings is 1. The molecule has 0 atom stereocenters. The zero-order valence-corrected chi connectivity index (χ0v) is 13.7. The highest BCUT2D eigenvalue weighted by Gasteiger charge is 2.19. The number of nitrogens with one attached hydrogen (secondary N) is 1. The van der Waals surface area contributed by atoms with Crippen LogP contribution in [0.2, 0.25) is 0 Å². The van der Waals surface area contributed by atoms with Gasteiger partial charge in [-0.1, -0.05) is 31.2 Å². The van der Waals surface area contributed by atoms with Gasteiger partial charge in [0.2, 0.25) is 10.0 Å². The average Bonchev–Trinajstić information content (AvgIpc) is 2.88. The summed E-state index contributed by atoms with van der Waals surface area (Å²) in [6.07, 6.45) is 0.962. The van der Waals surface area contributed by atoms with Gasteiger partial charge < -0.3 is 5.11 Å². The van der Waals surface area contributed by atoms with Gasteiger partial charge in [0.1, 0.15) is 0 Å². The summed E-state index contributed by atoms with van der Waals surface area (Å²) in [6.45, 7) is 3.94. The lowest BCUT2D eigenvalue weighted by atomic mass is 10.1. The third-order valence-corrected chi connectivity index (χ3v) is 5.96. The molecule has 0 saturated heterocycles. The zero-order chi connectivity index (χ0) is 15.5. The van der Waals surface area contributed by atoms with E-state index in [4.69, 9.17) is 5.11 Å². The second kappa shape index (κ2) is 6.70. The Bertz CT molecular complexity index is 703. The van der Waals surface area contributed by atoms with Crippen LogP contribution in [-0.4, -0.2) is 13.5 Å². The molecular formula is C15H19NO3S2. The van der Waals surface area contributed by atoms with E-state index in [1.54, 1.807) is 6.92 Å². The van der Waals surface area contributed by atoms with E-state index in [-0.39, 0.29) is 18.0 Å². The van der Waals surface area contributed by atoms with E-state index in [0.717, 1.165) is 12.0 Å². The highest BCUT2D eigenvalue weighted by Crippen LogP contribution is 2.25. The van der Waals surface area contributed by atoms with Crippen molar-refractivity contribution < 1.29 is 13.5 Å². The second-order valence-corrected chi connectivity index (χ2v) is 7.86. The highest BCUT2D eigenvalue weighted by molar-refractivity contribution is 7.89. The molecule has 0 aliphatic heterocycles. The minimum absolute atomic E-state index is 0.139. The van der Waals surface area contributed by atoms with Crippen LogP contribution in [-0.2, 0) is 29.6 Å². The van der Waals surface area contributed by atoms with Crippen molar-refractivity contribution in [1.29, 1.82) is 0 Å².